The fraction of sp³-hybridized carbons (Fsp3) is 0.263. The van der Waals surface area contributed by atoms with Crippen LogP contribution >= 0.6 is 11.6 Å². The van der Waals surface area contributed by atoms with Gasteiger partial charge in [-0.25, -0.2) is 4.98 Å². The second-order valence-electron chi connectivity index (χ2n) is 6.44. The summed E-state index contributed by atoms with van der Waals surface area (Å²) in [6, 6.07) is 9.26. The zero-order valence-corrected chi connectivity index (χ0v) is 14.9. The second kappa shape index (κ2) is 6.43. The van der Waals surface area contributed by atoms with Crippen molar-refractivity contribution in [3.05, 3.63) is 57.9 Å². The van der Waals surface area contributed by atoms with Crippen molar-refractivity contribution in [2.75, 3.05) is 6.54 Å². The van der Waals surface area contributed by atoms with Crippen LogP contribution in [0.4, 0.5) is 0 Å². The summed E-state index contributed by atoms with van der Waals surface area (Å²) in [6.45, 7) is 2.56. The number of nitrogens with zero attached hydrogens (tertiary/aromatic N) is 4. The molecule has 7 heteroatoms. The SMILES string of the molecule is Cc1n[nH]c2ncc(C(=O)N3CCC[C@H]3c3ccc(Cl)c(C#N)c3)cc12. The molecule has 3 aromatic rings. The number of aryl methyl sites for hydroxylation is 1. The van der Waals surface area contributed by atoms with E-state index < -0.39 is 0 Å². The first-order valence-corrected chi connectivity index (χ1v) is 8.77. The standard InChI is InChI=1S/C19H16ClN5O/c1-11-15-8-14(10-22-18(15)24-23-11)19(26)25-6-2-3-17(25)12-4-5-16(20)13(7-12)9-21/h4-5,7-8,10,17H,2-3,6H2,1H3,(H,22,23,24)/t17-/m0/s1. The third kappa shape index (κ3) is 2.71. The van der Waals surface area contributed by atoms with Crippen LogP contribution in [0.1, 0.15) is 46.1 Å². The van der Waals surface area contributed by atoms with Gasteiger partial charge in [-0.1, -0.05) is 17.7 Å². The van der Waals surface area contributed by atoms with Gasteiger partial charge in [-0.05, 0) is 43.5 Å². The highest BCUT2D eigenvalue weighted by Crippen LogP contribution is 2.34. The number of pyridine rings is 1. The molecule has 2 aromatic heterocycles. The Morgan fingerprint density at radius 1 is 1.42 bits per heavy atom. The number of H-pyrrole nitrogens is 1. The molecule has 1 fully saturated rings. The molecule has 1 saturated heterocycles. The number of rotatable bonds is 2. The number of fused-ring (bicyclic) bond motifs is 1. The number of aromatic amines is 1. The molecule has 1 N–H and O–H groups in total. The van der Waals surface area contributed by atoms with E-state index in [1.54, 1.807) is 18.3 Å². The minimum absolute atomic E-state index is 0.0593. The number of benzene rings is 1. The van der Waals surface area contributed by atoms with E-state index in [1.165, 1.54) is 0 Å². The summed E-state index contributed by atoms with van der Waals surface area (Å²) in [5.74, 6) is -0.0593. The van der Waals surface area contributed by atoms with Gasteiger partial charge in [-0.3, -0.25) is 9.89 Å². The molecule has 0 aliphatic carbocycles. The Kier molecular flexibility index (Phi) is 4.09. The quantitative estimate of drug-likeness (QED) is 0.749. The largest absolute Gasteiger partial charge is 0.332 e. The van der Waals surface area contributed by atoms with Gasteiger partial charge in [0, 0.05) is 18.1 Å². The van der Waals surface area contributed by atoms with Gasteiger partial charge in [-0.2, -0.15) is 10.4 Å². The Bertz CT molecular complexity index is 1050. The summed E-state index contributed by atoms with van der Waals surface area (Å²) in [5.41, 5.74) is 3.40. The number of nitriles is 1. The smallest absolute Gasteiger partial charge is 0.255 e. The number of amides is 1. The predicted molar refractivity (Wildman–Crippen MR) is 97.8 cm³/mol. The van der Waals surface area contributed by atoms with E-state index in [0.717, 1.165) is 29.5 Å². The third-order valence-electron chi connectivity index (χ3n) is 4.86. The van der Waals surface area contributed by atoms with Crippen LogP contribution in [0.25, 0.3) is 11.0 Å². The monoisotopic (exact) mass is 365 g/mol. The van der Waals surface area contributed by atoms with E-state index >= 15 is 0 Å². The van der Waals surface area contributed by atoms with Crippen LogP contribution < -0.4 is 0 Å². The van der Waals surface area contributed by atoms with E-state index in [9.17, 15) is 10.1 Å². The van der Waals surface area contributed by atoms with Gasteiger partial charge in [0.15, 0.2) is 5.65 Å². The van der Waals surface area contributed by atoms with Crippen LogP contribution in [-0.4, -0.2) is 32.5 Å². The molecule has 0 bridgehead atoms. The molecule has 3 heterocycles. The minimum atomic E-state index is -0.0620. The van der Waals surface area contributed by atoms with Crippen LogP contribution in [0.5, 0.6) is 0 Å². The molecule has 1 amide bonds. The summed E-state index contributed by atoms with van der Waals surface area (Å²) in [5, 5.41) is 17.5. The lowest BCUT2D eigenvalue weighted by Gasteiger charge is -2.25. The number of halogens is 1. The zero-order chi connectivity index (χ0) is 18.3. The average molecular weight is 366 g/mol. The maximum atomic E-state index is 13.1. The molecule has 0 saturated carbocycles. The summed E-state index contributed by atoms with van der Waals surface area (Å²) in [6.07, 6.45) is 3.36. The van der Waals surface area contributed by atoms with E-state index in [-0.39, 0.29) is 11.9 Å². The first kappa shape index (κ1) is 16.6. The molecule has 1 aliphatic heterocycles. The van der Waals surface area contributed by atoms with Crippen LogP contribution in [0, 0.1) is 18.3 Å². The Labute approximate surface area is 155 Å². The molecule has 0 spiro atoms. The van der Waals surface area contributed by atoms with E-state index in [1.807, 2.05) is 24.0 Å². The van der Waals surface area contributed by atoms with Crippen molar-refractivity contribution in [2.24, 2.45) is 0 Å². The maximum absolute atomic E-state index is 13.1. The number of likely N-dealkylation sites (tertiary alicyclic amines) is 1. The number of nitrogens with one attached hydrogen (secondary N) is 1. The topological polar surface area (TPSA) is 85.7 Å². The second-order valence-corrected chi connectivity index (χ2v) is 6.84. The fourth-order valence-electron chi connectivity index (χ4n) is 3.50. The fourth-order valence-corrected chi connectivity index (χ4v) is 3.66. The first-order valence-electron chi connectivity index (χ1n) is 8.39. The summed E-state index contributed by atoms with van der Waals surface area (Å²) in [4.78, 5) is 19.2. The van der Waals surface area contributed by atoms with Gasteiger partial charge in [0.1, 0.15) is 6.07 Å². The average Bonchev–Trinajstić information content (AvgIpc) is 3.29. The Morgan fingerprint density at radius 2 is 2.27 bits per heavy atom. The number of carbonyl (C=O) groups is 1. The number of aromatic nitrogens is 3. The normalized spacial score (nSPS) is 16.8. The predicted octanol–water partition coefficient (Wildman–Crippen LogP) is 3.77. The van der Waals surface area contributed by atoms with Crippen molar-refractivity contribution in [1.29, 1.82) is 5.26 Å². The highest BCUT2D eigenvalue weighted by Gasteiger charge is 2.31. The van der Waals surface area contributed by atoms with Crippen molar-refractivity contribution in [3.8, 4) is 6.07 Å². The first-order chi connectivity index (χ1) is 12.6. The van der Waals surface area contributed by atoms with Crippen molar-refractivity contribution in [2.45, 2.75) is 25.8 Å². The van der Waals surface area contributed by atoms with Gasteiger partial charge < -0.3 is 4.90 Å². The van der Waals surface area contributed by atoms with Gasteiger partial charge >= 0.3 is 0 Å². The van der Waals surface area contributed by atoms with Crippen molar-refractivity contribution >= 4 is 28.5 Å². The van der Waals surface area contributed by atoms with E-state index in [0.29, 0.717) is 28.3 Å². The molecule has 0 radical (unpaired) electrons. The number of carbonyl (C=O) groups excluding carboxylic acids is 1. The maximum Gasteiger partial charge on any atom is 0.255 e. The lowest BCUT2D eigenvalue weighted by molar-refractivity contribution is 0.0735. The third-order valence-corrected chi connectivity index (χ3v) is 5.19. The van der Waals surface area contributed by atoms with Crippen LogP contribution in [0.2, 0.25) is 5.02 Å². The van der Waals surface area contributed by atoms with E-state index in [4.69, 9.17) is 11.6 Å². The lowest BCUT2D eigenvalue weighted by Crippen LogP contribution is -2.30. The Hall–Kier alpha value is -2.91. The summed E-state index contributed by atoms with van der Waals surface area (Å²) in [7, 11) is 0. The Balaban J connectivity index is 1.68. The van der Waals surface area contributed by atoms with Gasteiger partial charge in [0.05, 0.1) is 27.9 Å². The molecule has 1 atom stereocenters. The summed E-state index contributed by atoms with van der Waals surface area (Å²) >= 11 is 6.04. The highest BCUT2D eigenvalue weighted by molar-refractivity contribution is 6.31. The zero-order valence-electron chi connectivity index (χ0n) is 14.2. The molecular weight excluding hydrogens is 350 g/mol. The van der Waals surface area contributed by atoms with Gasteiger partial charge in [0.25, 0.3) is 5.91 Å². The van der Waals surface area contributed by atoms with Crippen molar-refractivity contribution in [1.82, 2.24) is 20.1 Å². The number of hydrogen-bond acceptors (Lipinski definition) is 4. The van der Waals surface area contributed by atoms with Crippen LogP contribution in [-0.2, 0) is 0 Å². The van der Waals surface area contributed by atoms with Gasteiger partial charge in [-0.15, -0.1) is 0 Å². The highest BCUT2D eigenvalue weighted by atomic mass is 35.5. The van der Waals surface area contributed by atoms with Crippen molar-refractivity contribution in [3.63, 3.8) is 0 Å². The molecule has 0 unspecified atom stereocenters. The van der Waals surface area contributed by atoms with Gasteiger partial charge in [0.2, 0.25) is 0 Å². The lowest BCUT2D eigenvalue weighted by atomic mass is 10.0. The minimum Gasteiger partial charge on any atom is -0.332 e. The van der Waals surface area contributed by atoms with Crippen molar-refractivity contribution < 1.29 is 4.79 Å². The molecule has 1 aliphatic rings. The Morgan fingerprint density at radius 3 is 3.08 bits per heavy atom. The number of hydrogen-bond donors (Lipinski definition) is 1. The van der Waals surface area contributed by atoms with Crippen LogP contribution in [0.15, 0.2) is 30.5 Å². The molecular formula is C19H16ClN5O. The molecule has 1 aromatic carbocycles. The molecule has 6 nitrogen and oxygen atoms in total. The summed E-state index contributed by atoms with van der Waals surface area (Å²) < 4.78 is 0. The molecule has 4 rings (SSSR count). The van der Waals surface area contributed by atoms with Crippen LogP contribution in [0.3, 0.4) is 0 Å². The molecule has 26 heavy (non-hydrogen) atoms. The van der Waals surface area contributed by atoms with E-state index in [2.05, 4.69) is 21.3 Å². The molecule has 130 valence electrons.